The van der Waals surface area contributed by atoms with Gasteiger partial charge in [0, 0.05) is 37.2 Å². The van der Waals surface area contributed by atoms with Crippen molar-refractivity contribution >= 4 is 11.0 Å². The Morgan fingerprint density at radius 3 is 3.00 bits per heavy atom. The van der Waals surface area contributed by atoms with Crippen molar-refractivity contribution in [1.82, 2.24) is 25.0 Å². The van der Waals surface area contributed by atoms with Crippen molar-refractivity contribution < 1.29 is 14.2 Å². The number of hydrogen-bond donors (Lipinski definition) is 1. The molecular weight excluding hydrogens is 382 g/mol. The zero-order chi connectivity index (χ0) is 20.3. The van der Waals surface area contributed by atoms with Gasteiger partial charge in [-0.3, -0.25) is 0 Å². The zero-order valence-corrected chi connectivity index (χ0v) is 16.7. The molecule has 5 rings (SSSR count). The number of nitrogens with one attached hydrogen (secondary N) is 1. The van der Waals surface area contributed by atoms with E-state index in [1.54, 1.807) is 7.11 Å². The van der Waals surface area contributed by atoms with Gasteiger partial charge in [-0.2, -0.15) is 5.10 Å². The largest absolute Gasteiger partial charge is 0.467 e. The first kappa shape index (κ1) is 18.8. The summed E-state index contributed by atoms with van der Waals surface area (Å²) in [5.41, 5.74) is 5.34. The fourth-order valence-corrected chi connectivity index (χ4v) is 3.71. The third-order valence-electron chi connectivity index (χ3n) is 5.28. The van der Waals surface area contributed by atoms with E-state index < -0.39 is 0 Å². The lowest BCUT2D eigenvalue weighted by molar-refractivity contribution is -0.0394. The minimum Gasteiger partial charge on any atom is -0.467 e. The Kier molecular flexibility index (Phi) is 5.17. The Morgan fingerprint density at radius 1 is 1.17 bits per heavy atom. The molecule has 4 heterocycles. The number of fused-ring (bicyclic) bond motifs is 1. The maximum Gasteiger partial charge on any atom is 0.188 e. The van der Waals surface area contributed by atoms with Crippen molar-refractivity contribution in [3.63, 3.8) is 0 Å². The quantitative estimate of drug-likeness (QED) is 0.485. The normalized spacial score (nSPS) is 16.8. The molecule has 0 spiro atoms. The second-order valence-corrected chi connectivity index (χ2v) is 7.30. The van der Waals surface area contributed by atoms with Crippen LogP contribution in [0.3, 0.4) is 0 Å². The fraction of sp³-hybridized carbons (Fsp3) is 0.318. The lowest BCUT2D eigenvalue weighted by Crippen LogP contribution is -2.18. The number of methoxy groups -OCH3 is 1. The van der Waals surface area contributed by atoms with Crippen LogP contribution in [0.25, 0.3) is 33.4 Å². The van der Waals surface area contributed by atoms with E-state index in [9.17, 15) is 0 Å². The molecule has 30 heavy (non-hydrogen) atoms. The molecule has 1 aliphatic rings. The first-order valence-corrected chi connectivity index (χ1v) is 10.0. The predicted octanol–water partition coefficient (Wildman–Crippen LogP) is 4.17. The van der Waals surface area contributed by atoms with Crippen molar-refractivity contribution in [2.24, 2.45) is 0 Å². The number of hydrogen-bond acceptors (Lipinski definition) is 6. The van der Waals surface area contributed by atoms with Crippen molar-refractivity contribution in [2.75, 3.05) is 20.5 Å². The highest BCUT2D eigenvalue weighted by Gasteiger charge is 2.18. The molecule has 3 aromatic heterocycles. The highest BCUT2D eigenvalue weighted by molar-refractivity contribution is 5.81. The maximum absolute atomic E-state index is 5.87. The van der Waals surface area contributed by atoms with Crippen molar-refractivity contribution in [3.8, 4) is 28.1 Å². The number of aromatic nitrogens is 5. The first-order valence-electron chi connectivity index (χ1n) is 10.0. The maximum atomic E-state index is 5.87. The van der Waals surface area contributed by atoms with Crippen LogP contribution in [0.15, 0.2) is 48.9 Å². The average Bonchev–Trinajstić information content (AvgIpc) is 3.47. The van der Waals surface area contributed by atoms with E-state index in [-0.39, 0.29) is 13.0 Å². The summed E-state index contributed by atoms with van der Waals surface area (Å²) in [4.78, 5) is 3.17. The van der Waals surface area contributed by atoms with E-state index >= 15 is 0 Å². The zero-order valence-electron chi connectivity index (χ0n) is 16.7. The van der Waals surface area contributed by atoms with Crippen LogP contribution in [0, 0.1) is 0 Å². The Hall–Kier alpha value is -3.23. The smallest absolute Gasteiger partial charge is 0.188 e. The number of benzene rings is 1. The minimum absolute atomic E-state index is 0.0128. The van der Waals surface area contributed by atoms with Gasteiger partial charge >= 0.3 is 0 Å². The van der Waals surface area contributed by atoms with Crippen LogP contribution in [-0.4, -0.2) is 45.5 Å². The van der Waals surface area contributed by atoms with Crippen molar-refractivity contribution in [2.45, 2.75) is 25.5 Å². The molecule has 0 amide bonds. The van der Waals surface area contributed by atoms with Crippen LogP contribution in [0.1, 0.15) is 25.5 Å². The van der Waals surface area contributed by atoms with Crippen LogP contribution in [0.5, 0.6) is 5.75 Å². The van der Waals surface area contributed by atoms with Gasteiger partial charge in [0.05, 0.1) is 17.4 Å². The molecule has 0 bridgehead atoms. The molecule has 4 aromatic rings. The highest BCUT2D eigenvalue weighted by Crippen LogP contribution is 2.34. The van der Waals surface area contributed by atoms with E-state index in [1.807, 2.05) is 53.6 Å². The van der Waals surface area contributed by atoms with Gasteiger partial charge in [-0.05, 0) is 49.1 Å². The fourth-order valence-electron chi connectivity index (χ4n) is 3.71. The molecule has 0 saturated carbocycles. The van der Waals surface area contributed by atoms with Gasteiger partial charge in [0.25, 0.3) is 0 Å². The number of nitrogens with zero attached hydrogens (tertiary/aromatic N) is 4. The lowest BCUT2D eigenvalue weighted by Gasteiger charge is -2.22. The molecule has 1 saturated heterocycles. The van der Waals surface area contributed by atoms with Gasteiger partial charge in [0.15, 0.2) is 6.79 Å². The van der Waals surface area contributed by atoms with Crippen LogP contribution in [0.2, 0.25) is 0 Å². The van der Waals surface area contributed by atoms with E-state index in [1.165, 1.54) is 0 Å². The Labute approximate surface area is 173 Å². The summed E-state index contributed by atoms with van der Waals surface area (Å²) in [6.45, 7) is 0.930. The van der Waals surface area contributed by atoms with Crippen LogP contribution in [0.4, 0.5) is 0 Å². The van der Waals surface area contributed by atoms with Crippen LogP contribution in [-0.2, 0) is 9.47 Å². The Bertz CT molecular complexity index is 1150. The second-order valence-electron chi connectivity index (χ2n) is 7.30. The summed E-state index contributed by atoms with van der Waals surface area (Å²) in [7, 11) is 1.60. The molecule has 1 fully saturated rings. The highest BCUT2D eigenvalue weighted by atomic mass is 16.7. The van der Waals surface area contributed by atoms with Gasteiger partial charge in [0.2, 0.25) is 0 Å². The molecule has 1 unspecified atom stereocenters. The number of ether oxygens (including phenoxy) is 3. The van der Waals surface area contributed by atoms with E-state index in [2.05, 4.69) is 20.3 Å². The second kappa shape index (κ2) is 8.25. The molecule has 0 aliphatic carbocycles. The molecule has 1 aromatic carbocycles. The average molecular weight is 405 g/mol. The lowest BCUT2D eigenvalue weighted by atomic mass is 10.0. The summed E-state index contributed by atoms with van der Waals surface area (Å²) in [5.74, 6) is 0.677. The van der Waals surface area contributed by atoms with Gasteiger partial charge in [-0.1, -0.05) is 6.07 Å². The SMILES string of the molecule is COCOc1cc(-c2cnn(C3CCCCO3)c2)ccc1-c1cc2[nH]ccc2nn1. The third-order valence-corrected chi connectivity index (χ3v) is 5.28. The molecule has 0 radical (unpaired) electrons. The van der Waals surface area contributed by atoms with Crippen molar-refractivity contribution in [3.05, 3.63) is 48.9 Å². The molecule has 8 heteroatoms. The standard InChI is InChI=1S/C22H23N5O3/c1-28-14-30-21-10-15(16-12-24-27(13-16)22-4-2-3-9-29-22)5-6-17(21)19-11-20-18(25-26-19)7-8-23-20/h5-8,10-13,22-23H,2-4,9,14H2,1H3. The molecule has 8 nitrogen and oxygen atoms in total. The van der Waals surface area contributed by atoms with E-state index in [0.717, 1.165) is 59.3 Å². The molecule has 154 valence electrons. The molecule has 1 aliphatic heterocycles. The van der Waals surface area contributed by atoms with Gasteiger partial charge in [-0.15, -0.1) is 10.2 Å². The number of aromatic amines is 1. The number of H-pyrrole nitrogens is 1. The van der Waals surface area contributed by atoms with Gasteiger partial charge < -0.3 is 19.2 Å². The molecular formula is C22H23N5O3. The Morgan fingerprint density at radius 2 is 2.13 bits per heavy atom. The summed E-state index contributed by atoms with van der Waals surface area (Å²) < 4.78 is 18.7. The molecule has 1 N–H and O–H groups in total. The Balaban J connectivity index is 1.49. The van der Waals surface area contributed by atoms with Gasteiger partial charge in [-0.25, -0.2) is 4.68 Å². The summed E-state index contributed by atoms with van der Waals surface area (Å²) >= 11 is 0. The topological polar surface area (TPSA) is 87.1 Å². The van der Waals surface area contributed by atoms with Crippen LogP contribution < -0.4 is 4.74 Å². The third kappa shape index (κ3) is 3.67. The monoisotopic (exact) mass is 405 g/mol. The van der Waals surface area contributed by atoms with Gasteiger partial charge in [0.1, 0.15) is 17.5 Å². The van der Waals surface area contributed by atoms with Crippen LogP contribution >= 0.6 is 0 Å². The number of rotatable bonds is 6. The summed E-state index contributed by atoms with van der Waals surface area (Å²) in [5, 5.41) is 13.2. The van der Waals surface area contributed by atoms with Crippen molar-refractivity contribution in [1.29, 1.82) is 0 Å². The summed E-state index contributed by atoms with van der Waals surface area (Å²) in [6.07, 6.45) is 9.01. The van der Waals surface area contributed by atoms with E-state index in [0.29, 0.717) is 5.75 Å². The van der Waals surface area contributed by atoms with E-state index in [4.69, 9.17) is 14.2 Å². The first-order chi connectivity index (χ1) is 14.8. The predicted molar refractivity (Wildman–Crippen MR) is 112 cm³/mol. The summed E-state index contributed by atoms with van der Waals surface area (Å²) in [6, 6.07) is 9.88. The molecule has 1 atom stereocenters. The minimum atomic E-state index is 0.0128.